The minimum atomic E-state index is -0.505. The number of pyridine rings is 2. The Hall–Kier alpha value is -2.67. The van der Waals surface area contributed by atoms with Gasteiger partial charge in [0, 0.05) is 17.8 Å². The summed E-state index contributed by atoms with van der Waals surface area (Å²) in [4.78, 5) is 20.7. The lowest BCUT2D eigenvalue weighted by molar-refractivity contribution is 0.0136. The van der Waals surface area contributed by atoms with Crippen LogP contribution in [-0.2, 0) is 9.47 Å². The Morgan fingerprint density at radius 3 is 2.79 bits per heavy atom. The fourth-order valence-electron chi connectivity index (χ4n) is 3.00. The van der Waals surface area contributed by atoms with Gasteiger partial charge in [0.1, 0.15) is 5.60 Å². The molecule has 0 bridgehead atoms. The second kappa shape index (κ2) is 8.56. The van der Waals surface area contributed by atoms with Crippen molar-refractivity contribution in [3.8, 4) is 5.88 Å². The van der Waals surface area contributed by atoms with Gasteiger partial charge >= 0.3 is 6.09 Å². The van der Waals surface area contributed by atoms with Gasteiger partial charge in [0.2, 0.25) is 5.88 Å². The second-order valence-electron chi connectivity index (χ2n) is 7.77. The number of methoxy groups -OCH3 is 1. The highest BCUT2D eigenvalue weighted by atomic mass is 16.6. The number of amides is 1. The predicted octanol–water partition coefficient (Wildman–Crippen LogP) is 3.72. The zero-order chi connectivity index (χ0) is 20.1. The van der Waals surface area contributed by atoms with Crippen LogP contribution in [0.25, 0.3) is 17.1 Å². The molecule has 1 aliphatic rings. The first-order chi connectivity index (χ1) is 13.3. The third kappa shape index (κ3) is 5.42. The minimum absolute atomic E-state index is 0.00879. The maximum atomic E-state index is 11.9. The molecule has 1 saturated heterocycles. The van der Waals surface area contributed by atoms with Crippen molar-refractivity contribution < 1.29 is 19.0 Å². The molecule has 150 valence electrons. The van der Waals surface area contributed by atoms with Gasteiger partial charge in [0.05, 0.1) is 36.9 Å². The summed E-state index contributed by atoms with van der Waals surface area (Å²) in [5, 5.41) is 2.86. The first kappa shape index (κ1) is 20.1. The molecule has 2 aromatic heterocycles. The number of carbonyl (C=O) groups excluding carboxylic acids is 1. The largest absolute Gasteiger partial charge is 0.481 e. The second-order valence-corrected chi connectivity index (χ2v) is 7.77. The van der Waals surface area contributed by atoms with E-state index >= 15 is 0 Å². The summed E-state index contributed by atoms with van der Waals surface area (Å²) >= 11 is 0. The van der Waals surface area contributed by atoms with Crippen LogP contribution in [0, 0.1) is 0 Å². The number of alkyl carbamates (subject to hydrolysis) is 1. The van der Waals surface area contributed by atoms with Gasteiger partial charge in [0.25, 0.3) is 0 Å². The van der Waals surface area contributed by atoms with Crippen LogP contribution < -0.4 is 10.1 Å². The molecule has 0 aliphatic carbocycles. The van der Waals surface area contributed by atoms with Gasteiger partial charge in [-0.15, -0.1) is 0 Å². The quantitative estimate of drug-likeness (QED) is 0.864. The summed E-state index contributed by atoms with van der Waals surface area (Å²) in [6.45, 7) is 5.99. The maximum Gasteiger partial charge on any atom is 0.407 e. The number of fused-ring (bicyclic) bond motifs is 1. The lowest BCUT2D eigenvalue weighted by Gasteiger charge is -2.29. The molecule has 1 amide bonds. The van der Waals surface area contributed by atoms with Gasteiger partial charge in [-0.25, -0.2) is 9.78 Å². The standard InChI is InChI=1S/C21H27N3O4/c1-21(2,3)28-20(25)23-15-6-8-16(27-13-15)7-5-14-11-12-22-17-9-10-18(26-4)24-19(14)17/h5,7,9-12,15-16H,6,8,13H2,1-4H3,(H,23,25)/t15-,16-/m0/s1. The van der Waals surface area contributed by atoms with Crippen molar-refractivity contribution in [3.63, 3.8) is 0 Å². The molecular formula is C21H27N3O4. The van der Waals surface area contributed by atoms with E-state index in [0.29, 0.717) is 12.5 Å². The molecule has 2 aromatic rings. The maximum absolute atomic E-state index is 11.9. The number of ether oxygens (including phenoxy) is 3. The van der Waals surface area contributed by atoms with Crippen LogP contribution in [-0.4, -0.2) is 47.5 Å². The van der Waals surface area contributed by atoms with E-state index in [9.17, 15) is 4.79 Å². The third-order valence-corrected chi connectivity index (χ3v) is 4.32. The van der Waals surface area contributed by atoms with Crippen LogP contribution in [0.4, 0.5) is 4.79 Å². The fraction of sp³-hybridized carbons (Fsp3) is 0.476. The lowest BCUT2D eigenvalue weighted by Crippen LogP contribution is -2.44. The zero-order valence-corrected chi connectivity index (χ0v) is 16.8. The summed E-state index contributed by atoms with van der Waals surface area (Å²) in [6, 6.07) is 5.57. The molecule has 1 fully saturated rings. The highest BCUT2D eigenvalue weighted by molar-refractivity contribution is 5.84. The van der Waals surface area contributed by atoms with Gasteiger partial charge in [-0.1, -0.05) is 12.2 Å². The number of hydrogen-bond donors (Lipinski definition) is 1. The summed E-state index contributed by atoms with van der Waals surface area (Å²) in [5.74, 6) is 0.556. The van der Waals surface area contributed by atoms with E-state index in [1.165, 1.54) is 0 Å². The highest BCUT2D eigenvalue weighted by Gasteiger charge is 2.24. The van der Waals surface area contributed by atoms with Crippen LogP contribution in [0.1, 0.15) is 39.2 Å². The Bertz CT molecular complexity index is 852. The monoisotopic (exact) mass is 385 g/mol. The number of hydrogen-bond acceptors (Lipinski definition) is 6. The molecular weight excluding hydrogens is 358 g/mol. The van der Waals surface area contributed by atoms with Gasteiger partial charge in [-0.3, -0.25) is 4.98 Å². The lowest BCUT2D eigenvalue weighted by atomic mass is 10.0. The predicted molar refractivity (Wildman–Crippen MR) is 107 cm³/mol. The zero-order valence-electron chi connectivity index (χ0n) is 16.8. The third-order valence-electron chi connectivity index (χ3n) is 4.32. The van der Waals surface area contributed by atoms with E-state index in [4.69, 9.17) is 14.2 Å². The Labute approximate surface area is 165 Å². The molecule has 7 nitrogen and oxygen atoms in total. The SMILES string of the molecule is COc1ccc2nccc(C=C[C@H]3CC[C@H](NC(=O)OC(C)(C)C)CO3)c2n1. The van der Waals surface area contributed by atoms with Crippen molar-refractivity contribution in [1.82, 2.24) is 15.3 Å². The first-order valence-corrected chi connectivity index (χ1v) is 9.43. The molecule has 2 atom stereocenters. The smallest absolute Gasteiger partial charge is 0.407 e. The Kier molecular flexibility index (Phi) is 6.14. The Morgan fingerprint density at radius 2 is 2.11 bits per heavy atom. The minimum Gasteiger partial charge on any atom is -0.481 e. The topological polar surface area (TPSA) is 82.6 Å². The number of aromatic nitrogens is 2. The number of nitrogens with zero attached hydrogens (tertiary/aromatic N) is 2. The average molecular weight is 385 g/mol. The van der Waals surface area contributed by atoms with Crippen LogP contribution in [0.3, 0.4) is 0 Å². The molecule has 0 aromatic carbocycles. The number of carbonyl (C=O) groups is 1. The van der Waals surface area contributed by atoms with Crippen molar-refractivity contribution in [2.24, 2.45) is 0 Å². The average Bonchev–Trinajstić information content (AvgIpc) is 2.65. The van der Waals surface area contributed by atoms with Crippen molar-refractivity contribution in [2.75, 3.05) is 13.7 Å². The first-order valence-electron chi connectivity index (χ1n) is 9.43. The highest BCUT2D eigenvalue weighted by Crippen LogP contribution is 2.21. The van der Waals surface area contributed by atoms with Crippen molar-refractivity contribution in [3.05, 3.63) is 36.0 Å². The Morgan fingerprint density at radius 1 is 1.29 bits per heavy atom. The van der Waals surface area contributed by atoms with E-state index in [2.05, 4.69) is 15.3 Å². The fourth-order valence-corrected chi connectivity index (χ4v) is 3.00. The van der Waals surface area contributed by atoms with Gasteiger partial charge in [-0.05, 0) is 45.7 Å². The molecule has 7 heteroatoms. The number of nitrogens with one attached hydrogen (secondary N) is 1. The summed E-state index contributed by atoms with van der Waals surface area (Å²) in [6.07, 6.45) is 7.03. The molecule has 1 aliphatic heterocycles. The summed E-state index contributed by atoms with van der Waals surface area (Å²) in [7, 11) is 1.59. The molecule has 0 spiro atoms. The van der Waals surface area contributed by atoms with Gasteiger partial charge < -0.3 is 19.5 Å². The van der Waals surface area contributed by atoms with Gasteiger partial charge in [-0.2, -0.15) is 0 Å². The van der Waals surface area contributed by atoms with Crippen LogP contribution >= 0.6 is 0 Å². The summed E-state index contributed by atoms with van der Waals surface area (Å²) < 4.78 is 16.4. The van der Waals surface area contributed by atoms with Crippen LogP contribution in [0.15, 0.2) is 30.5 Å². The van der Waals surface area contributed by atoms with Crippen LogP contribution in [0.2, 0.25) is 0 Å². The number of rotatable bonds is 4. The molecule has 0 radical (unpaired) electrons. The normalized spacial score (nSPS) is 20.3. The van der Waals surface area contributed by atoms with Crippen molar-refractivity contribution >= 4 is 23.2 Å². The van der Waals surface area contributed by atoms with Crippen molar-refractivity contribution in [1.29, 1.82) is 0 Å². The summed E-state index contributed by atoms with van der Waals surface area (Å²) in [5.41, 5.74) is 2.06. The van der Waals surface area contributed by atoms with E-state index in [0.717, 1.165) is 29.4 Å². The molecule has 3 heterocycles. The van der Waals surface area contributed by atoms with E-state index in [1.807, 2.05) is 45.1 Å². The Balaban J connectivity index is 1.58. The van der Waals surface area contributed by atoms with E-state index in [1.54, 1.807) is 19.4 Å². The molecule has 0 unspecified atom stereocenters. The molecule has 28 heavy (non-hydrogen) atoms. The molecule has 1 N–H and O–H groups in total. The molecule has 3 rings (SSSR count). The van der Waals surface area contributed by atoms with E-state index < -0.39 is 11.7 Å². The van der Waals surface area contributed by atoms with Gasteiger partial charge in [0.15, 0.2) is 0 Å². The van der Waals surface area contributed by atoms with E-state index in [-0.39, 0.29) is 12.1 Å². The molecule has 0 saturated carbocycles. The van der Waals surface area contributed by atoms with Crippen LogP contribution in [0.5, 0.6) is 5.88 Å². The van der Waals surface area contributed by atoms with Crippen molar-refractivity contribution in [2.45, 2.75) is 51.4 Å².